The smallest absolute Gasteiger partial charge is 0.331 e. The van der Waals surface area contributed by atoms with Gasteiger partial charge in [0.15, 0.2) is 6.04 Å². The minimum absolute atomic E-state index is 0.0278. The van der Waals surface area contributed by atoms with Crippen molar-refractivity contribution in [2.45, 2.75) is 59.3 Å². The van der Waals surface area contributed by atoms with Crippen LogP contribution in [0.25, 0.3) is 0 Å². The van der Waals surface area contributed by atoms with Crippen molar-refractivity contribution in [3.05, 3.63) is 35.9 Å². The van der Waals surface area contributed by atoms with E-state index in [0.717, 1.165) is 5.56 Å². The van der Waals surface area contributed by atoms with Crippen molar-refractivity contribution in [3.63, 3.8) is 0 Å². The second kappa shape index (κ2) is 10.7. The summed E-state index contributed by atoms with van der Waals surface area (Å²) in [6.07, 6.45) is -0.188. The van der Waals surface area contributed by atoms with Crippen LogP contribution in [0.15, 0.2) is 30.3 Å². The van der Waals surface area contributed by atoms with Gasteiger partial charge in [0.1, 0.15) is 6.42 Å². The summed E-state index contributed by atoms with van der Waals surface area (Å²) < 4.78 is 10.8. The zero-order valence-electron chi connectivity index (χ0n) is 16.9. The average Bonchev–Trinajstić information content (AvgIpc) is 2.62. The molecule has 0 aliphatic heterocycles. The van der Waals surface area contributed by atoms with Gasteiger partial charge in [0, 0.05) is 6.54 Å². The fourth-order valence-corrected chi connectivity index (χ4v) is 2.63. The van der Waals surface area contributed by atoms with E-state index in [1.54, 1.807) is 6.92 Å². The number of methoxy groups -OCH3 is 1. The first-order valence-electron chi connectivity index (χ1n) is 9.09. The molecule has 0 spiro atoms. The molecule has 27 heavy (non-hydrogen) atoms. The topological polar surface area (TPSA) is 79.6 Å². The highest BCUT2D eigenvalue weighted by Crippen LogP contribution is 2.22. The van der Waals surface area contributed by atoms with Gasteiger partial charge in [-0.15, -0.1) is 0 Å². The Morgan fingerprint density at radius 2 is 1.85 bits per heavy atom. The summed E-state index contributed by atoms with van der Waals surface area (Å²) in [4.78, 5) is 26.4. The fourth-order valence-electron chi connectivity index (χ4n) is 2.63. The second-order valence-electron chi connectivity index (χ2n) is 7.70. The van der Waals surface area contributed by atoms with Gasteiger partial charge in [0.25, 0.3) is 0 Å². The maximum Gasteiger partial charge on any atom is 0.331 e. The number of esters is 1. The zero-order valence-corrected chi connectivity index (χ0v) is 16.9. The van der Waals surface area contributed by atoms with Crippen molar-refractivity contribution in [2.24, 2.45) is 5.41 Å². The van der Waals surface area contributed by atoms with E-state index in [2.05, 4.69) is 20.8 Å². The van der Waals surface area contributed by atoms with Crippen molar-refractivity contribution >= 4 is 11.9 Å². The first kappa shape index (κ1) is 22.7. The lowest BCUT2D eigenvalue weighted by molar-refractivity contribution is -0.160. The molecule has 1 unspecified atom stereocenters. The van der Waals surface area contributed by atoms with Gasteiger partial charge in [0.05, 0.1) is 25.9 Å². The van der Waals surface area contributed by atoms with Gasteiger partial charge in [-0.05, 0) is 24.3 Å². The Labute approximate surface area is 162 Å². The van der Waals surface area contributed by atoms with E-state index in [1.807, 2.05) is 36.4 Å². The molecule has 0 heterocycles. The van der Waals surface area contributed by atoms with Gasteiger partial charge in [0.2, 0.25) is 5.91 Å². The lowest BCUT2D eigenvalue weighted by atomic mass is 9.91. The van der Waals surface area contributed by atoms with Crippen LogP contribution in [0.1, 0.15) is 46.1 Å². The minimum Gasteiger partial charge on any atom is -0.467 e. The Morgan fingerprint density at radius 1 is 1.22 bits per heavy atom. The molecule has 0 saturated carbocycles. The van der Waals surface area contributed by atoms with Crippen LogP contribution in [0, 0.1) is 16.7 Å². The van der Waals surface area contributed by atoms with Crippen molar-refractivity contribution in [1.82, 2.24) is 4.90 Å². The molecule has 148 valence electrons. The third kappa shape index (κ3) is 7.79. The quantitative estimate of drug-likeness (QED) is 0.620. The maximum absolute atomic E-state index is 12.5. The zero-order chi connectivity index (χ0) is 20.4. The minimum atomic E-state index is -0.901. The number of ether oxygens (including phenoxy) is 2. The molecule has 6 heteroatoms. The van der Waals surface area contributed by atoms with E-state index in [1.165, 1.54) is 12.0 Å². The molecule has 0 saturated heterocycles. The molecule has 0 aliphatic rings. The molecule has 0 bridgehead atoms. The third-order valence-electron chi connectivity index (χ3n) is 4.23. The number of carbonyl (C=O) groups excluding carboxylic acids is 2. The van der Waals surface area contributed by atoms with Crippen molar-refractivity contribution < 1.29 is 19.1 Å². The van der Waals surface area contributed by atoms with E-state index in [4.69, 9.17) is 14.7 Å². The summed E-state index contributed by atoms with van der Waals surface area (Å²) in [7, 11) is 1.29. The molecule has 1 aromatic carbocycles. The monoisotopic (exact) mass is 374 g/mol. The normalized spacial score (nSPS) is 13.3. The number of hydrogen-bond donors (Lipinski definition) is 0. The van der Waals surface area contributed by atoms with E-state index < -0.39 is 24.0 Å². The van der Waals surface area contributed by atoms with Crippen molar-refractivity contribution in [3.8, 4) is 6.07 Å². The Kier molecular flexibility index (Phi) is 8.96. The number of benzene rings is 1. The van der Waals surface area contributed by atoms with Crippen LogP contribution in [0.3, 0.4) is 0 Å². The summed E-state index contributed by atoms with van der Waals surface area (Å²) in [6.45, 7) is 8.58. The molecule has 1 aromatic rings. The SMILES string of the molecule is COC(=O)[C@H](C(C)OCc1ccccc1)N(CCC(C)(C)C)C(=O)CC#N. The van der Waals surface area contributed by atoms with E-state index in [-0.39, 0.29) is 11.8 Å². The van der Waals surface area contributed by atoms with Crippen LogP contribution < -0.4 is 0 Å². The van der Waals surface area contributed by atoms with Crippen LogP contribution in [0.4, 0.5) is 0 Å². The van der Waals surface area contributed by atoms with Gasteiger partial charge < -0.3 is 14.4 Å². The number of amides is 1. The Hall–Kier alpha value is -2.39. The first-order chi connectivity index (χ1) is 12.7. The maximum atomic E-state index is 12.5. The van der Waals surface area contributed by atoms with Crippen molar-refractivity contribution in [1.29, 1.82) is 5.26 Å². The largest absolute Gasteiger partial charge is 0.467 e. The van der Waals surface area contributed by atoms with Gasteiger partial charge >= 0.3 is 5.97 Å². The molecule has 1 rings (SSSR count). The predicted molar refractivity (Wildman–Crippen MR) is 103 cm³/mol. The summed E-state index contributed by atoms with van der Waals surface area (Å²) in [5, 5.41) is 8.94. The molecule has 0 fully saturated rings. The van der Waals surface area contributed by atoms with E-state index >= 15 is 0 Å². The number of nitriles is 1. The van der Waals surface area contributed by atoms with Crippen LogP contribution in [0.2, 0.25) is 0 Å². The van der Waals surface area contributed by atoms with Crippen LogP contribution >= 0.6 is 0 Å². The molecule has 0 radical (unpaired) electrons. The molecule has 6 nitrogen and oxygen atoms in total. The molecule has 0 N–H and O–H groups in total. The summed E-state index contributed by atoms with van der Waals surface area (Å²) in [5.74, 6) is -0.942. The Morgan fingerprint density at radius 3 is 2.37 bits per heavy atom. The average molecular weight is 374 g/mol. The highest BCUT2D eigenvalue weighted by Gasteiger charge is 2.36. The summed E-state index contributed by atoms with van der Waals surface area (Å²) >= 11 is 0. The Bertz CT molecular complexity index is 646. The number of carbonyl (C=O) groups is 2. The Balaban J connectivity index is 3.00. The van der Waals surface area contributed by atoms with E-state index in [0.29, 0.717) is 19.6 Å². The summed E-state index contributed by atoms with van der Waals surface area (Å²) in [6, 6.07) is 10.6. The number of nitrogens with zero attached hydrogens (tertiary/aromatic N) is 2. The first-order valence-corrected chi connectivity index (χ1v) is 9.09. The second-order valence-corrected chi connectivity index (χ2v) is 7.70. The predicted octanol–water partition coefficient (Wildman–Crippen LogP) is 3.31. The van der Waals surface area contributed by atoms with Gasteiger partial charge in [-0.25, -0.2) is 4.79 Å². The standard InChI is InChI=1S/C21H30N2O4/c1-16(27-15-17-9-7-6-8-10-17)19(20(25)26-5)23(18(24)11-13-22)14-12-21(2,3)4/h6-10,16,19H,11-12,14-15H2,1-5H3/t16?,19-/m0/s1. The molecule has 0 aliphatic carbocycles. The highest BCUT2D eigenvalue weighted by atomic mass is 16.5. The van der Waals surface area contributed by atoms with Crippen LogP contribution in [0.5, 0.6) is 0 Å². The van der Waals surface area contributed by atoms with Crippen LogP contribution in [-0.4, -0.2) is 42.6 Å². The van der Waals surface area contributed by atoms with Gasteiger partial charge in [-0.2, -0.15) is 5.26 Å². The molecule has 1 amide bonds. The fraction of sp³-hybridized carbons (Fsp3) is 0.571. The lowest BCUT2D eigenvalue weighted by Crippen LogP contribution is -2.52. The highest BCUT2D eigenvalue weighted by molar-refractivity contribution is 5.86. The number of hydrogen-bond acceptors (Lipinski definition) is 5. The molecular weight excluding hydrogens is 344 g/mol. The van der Waals surface area contributed by atoms with Crippen molar-refractivity contribution in [2.75, 3.05) is 13.7 Å². The van der Waals surface area contributed by atoms with E-state index in [9.17, 15) is 9.59 Å². The van der Waals surface area contributed by atoms with Gasteiger partial charge in [-0.3, -0.25) is 4.79 Å². The van der Waals surface area contributed by atoms with Gasteiger partial charge in [-0.1, -0.05) is 51.1 Å². The summed E-state index contributed by atoms with van der Waals surface area (Å²) in [5.41, 5.74) is 0.942. The van der Waals surface area contributed by atoms with Crippen LogP contribution in [-0.2, 0) is 25.7 Å². The third-order valence-corrected chi connectivity index (χ3v) is 4.23. The molecule has 0 aromatic heterocycles. The molecule has 2 atom stereocenters. The number of rotatable bonds is 9. The lowest BCUT2D eigenvalue weighted by Gasteiger charge is -2.35. The molecular formula is C21H30N2O4.